The maximum absolute atomic E-state index is 13.2. The van der Waals surface area contributed by atoms with Gasteiger partial charge >= 0.3 is 6.18 Å². The molecule has 0 saturated carbocycles. The van der Waals surface area contributed by atoms with E-state index in [1.165, 1.54) is 13.2 Å². The maximum Gasteiger partial charge on any atom is 0.416 e. The van der Waals surface area contributed by atoms with E-state index < -0.39 is 17.6 Å². The first-order valence-corrected chi connectivity index (χ1v) is 11.5. The molecule has 0 spiro atoms. The molecule has 11 heteroatoms. The average molecular weight is 495 g/mol. The van der Waals surface area contributed by atoms with Crippen molar-refractivity contribution in [2.45, 2.75) is 31.7 Å². The number of aromatic nitrogens is 3. The minimum absolute atomic E-state index is 0.0610. The highest BCUT2D eigenvalue weighted by atomic mass is 32.2. The Bertz CT molecular complexity index is 1130. The van der Waals surface area contributed by atoms with E-state index in [0.717, 1.165) is 35.0 Å². The third-order valence-electron chi connectivity index (χ3n) is 4.88. The number of aryl methyl sites for hydroxylation is 1. The van der Waals surface area contributed by atoms with Crippen molar-refractivity contribution in [3.8, 4) is 17.1 Å². The zero-order valence-electron chi connectivity index (χ0n) is 19.0. The van der Waals surface area contributed by atoms with Gasteiger partial charge in [0.15, 0.2) is 11.0 Å². The van der Waals surface area contributed by atoms with Crippen molar-refractivity contribution in [2.75, 3.05) is 31.4 Å². The van der Waals surface area contributed by atoms with Crippen molar-refractivity contribution in [3.05, 3.63) is 53.6 Å². The lowest BCUT2D eigenvalue weighted by Crippen LogP contribution is -2.17. The van der Waals surface area contributed by atoms with Crippen LogP contribution in [0.3, 0.4) is 0 Å². The Balaban J connectivity index is 1.74. The van der Waals surface area contributed by atoms with Gasteiger partial charge in [0.05, 0.1) is 23.6 Å². The second-order valence-corrected chi connectivity index (χ2v) is 8.19. The van der Waals surface area contributed by atoms with Crippen LogP contribution in [-0.2, 0) is 22.3 Å². The minimum atomic E-state index is -4.55. The van der Waals surface area contributed by atoms with Crippen LogP contribution >= 0.6 is 11.8 Å². The number of nitrogens with one attached hydrogen (secondary N) is 1. The van der Waals surface area contributed by atoms with E-state index in [9.17, 15) is 18.0 Å². The van der Waals surface area contributed by atoms with Gasteiger partial charge in [-0.05, 0) is 37.6 Å². The highest BCUT2D eigenvalue weighted by molar-refractivity contribution is 7.99. The molecule has 0 aliphatic rings. The molecule has 7 nitrogen and oxygen atoms in total. The Morgan fingerprint density at radius 3 is 2.59 bits per heavy atom. The lowest BCUT2D eigenvalue weighted by atomic mass is 10.1. The van der Waals surface area contributed by atoms with Gasteiger partial charge in [0.2, 0.25) is 5.91 Å². The fraction of sp³-hybridized carbons (Fsp3) is 0.348. The summed E-state index contributed by atoms with van der Waals surface area (Å²) in [5.41, 5.74) is 1.04. The lowest BCUT2D eigenvalue weighted by molar-refractivity contribution is -0.137. The number of amides is 1. The van der Waals surface area contributed by atoms with E-state index in [2.05, 4.69) is 15.5 Å². The number of rotatable bonds is 10. The third-order valence-corrected chi connectivity index (χ3v) is 5.84. The van der Waals surface area contributed by atoms with Crippen LogP contribution in [0.4, 0.5) is 18.9 Å². The normalized spacial score (nSPS) is 11.5. The largest absolute Gasteiger partial charge is 0.489 e. The summed E-state index contributed by atoms with van der Waals surface area (Å²) in [4.78, 5) is 12.6. The Morgan fingerprint density at radius 1 is 1.15 bits per heavy atom. The number of hydrogen-bond acceptors (Lipinski definition) is 6. The number of thioether (sulfide) groups is 1. The molecule has 1 aromatic heterocycles. The molecule has 0 aliphatic heterocycles. The Morgan fingerprint density at radius 2 is 1.91 bits per heavy atom. The second kappa shape index (κ2) is 11.4. The van der Waals surface area contributed by atoms with Crippen molar-refractivity contribution < 1.29 is 27.4 Å². The summed E-state index contributed by atoms with van der Waals surface area (Å²) in [6.07, 6.45) is -4.55. The Kier molecular flexibility index (Phi) is 8.56. The highest BCUT2D eigenvalue weighted by Gasteiger charge is 2.31. The molecular formula is C23H25F3N4O3S. The fourth-order valence-corrected chi connectivity index (χ4v) is 3.99. The molecular weight excluding hydrogens is 469 g/mol. The van der Waals surface area contributed by atoms with E-state index in [1.54, 1.807) is 0 Å². The molecule has 0 saturated heterocycles. The number of hydrogen-bond donors (Lipinski definition) is 1. The zero-order chi connectivity index (χ0) is 24.7. The summed E-state index contributed by atoms with van der Waals surface area (Å²) in [5, 5.41) is 11.5. The smallest absolute Gasteiger partial charge is 0.416 e. The first-order chi connectivity index (χ1) is 16.2. The van der Waals surface area contributed by atoms with Gasteiger partial charge in [-0.3, -0.25) is 4.79 Å². The number of benzene rings is 2. The third kappa shape index (κ3) is 6.29. The summed E-state index contributed by atoms with van der Waals surface area (Å²) in [6, 6.07) is 10.7. The molecule has 0 radical (unpaired) electrons. The Labute approximate surface area is 199 Å². The van der Waals surface area contributed by atoms with Crippen molar-refractivity contribution >= 4 is 23.4 Å². The van der Waals surface area contributed by atoms with Crippen molar-refractivity contribution in [1.29, 1.82) is 0 Å². The van der Waals surface area contributed by atoms with E-state index in [0.29, 0.717) is 17.5 Å². The number of halogens is 3. The van der Waals surface area contributed by atoms with Crippen LogP contribution in [0.5, 0.6) is 5.75 Å². The van der Waals surface area contributed by atoms with Crippen LogP contribution in [0.25, 0.3) is 11.4 Å². The van der Waals surface area contributed by atoms with E-state index in [-0.39, 0.29) is 30.4 Å². The van der Waals surface area contributed by atoms with E-state index in [4.69, 9.17) is 9.47 Å². The molecule has 0 fully saturated rings. The van der Waals surface area contributed by atoms with Crippen LogP contribution in [0.15, 0.2) is 47.6 Å². The van der Waals surface area contributed by atoms with Crippen LogP contribution < -0.4 is 10.1 Å². The molecule has 0 aliphatic carbocycles. The molecule has 3 aromatic rings. The number of methoxy groups -OCH3 is 1. The number of anilines is 1. The van der Waals surface area contributed by atoms with Gasteiger partial charge in [-0.15, -0.1) is 10.2 Å². The van der Waals surface area contributed by atoms with Crippen LogP contribution in [-0.4, -0.2) is 46.7 Å². The molecule has 1 amide bonds. The molecule has 2 aromatic carbocycles. The van der Waals surface area contributed by atoms with Gasteiger partial charge < -0.3 is 19.4 Å². The number of carbonyl (C=O) groups is 1. The number of carbonyl (C=O) groups excluding carboxylic acids is 1. The van der Waals surface area contributed by atoms with Crippen LogP contribution in [0.1, 0.15) is 18.1 Å². The topological polar surface area (TPSA) is 78.3 Å². The quantitative estimate of drug-likeness (QED) is 0.314. The first-order valence-electron chi connectivity index (χ1n) is 10.5. The summed E-state index contributed by atoms with van der Waals surface area (Å²) in [7, 11) is 1.48. The van der Waals surface area contributed by atoms with Gasteiger partial charge in [0.25, 0.3) is 0 Å². The first kappa shape index (κ1) is 25.6. The molecule has 1 heterocycles. The monoisotopic (exact) mass is 494 g/mol. The van der Waals surface area contributed by atoms with E-state index in [1.807, 2.05) is 42.7 Å². The SMILES string of the molecule is CCn1c(SCC(=O)Nc2cc(C(F)(F)F)ccc2OCCOC)nnc1-c1ccccc1C. The summed E-state index contributed by atoms with van der Waals surface area (Å²) in [6.45, 7) is 4.89. The van der Waals surface area contributed by atoms with Gasteiger partial charge in [0.1, 0.15) is 12.4 Å². The van der Waals surface area contributed by atoms with Crippen molar-refractivity contribution in [2.24, 2.45) is 0 Å². The summed E-state index contributed by atoms with van der Waals surface area (Å²) >= 11 is 1.15. The molecule has 1 N–H and O–H groups in total. The molecule has 34 heavy (non-hydrogen) atoms. The number of nitrogens with zero attached hydrogens (tertiary/aromatic N) is 3. The molecule has 182 valence electrons. The van der Waals surface area contributed by atoms with Gasteiger partial charge in [-0.1, -0.05) is 36.0 Å². The molecule has 0 unspecified atom stereocenters. The maximum atomic E-state index is 13.2. The standard InChI is InChI=1S/C23H25F3N4O3S/c1-4-30-21(17-8-6-5-7-15(17)2)28-29-22(30)34-14-20(31)27-18-13-16(23(24,25)26)9-10-19(18)33-12-11-32-3/h5-10,13H,4,11-12,14H2,1-3H3,(H,27,31). The predicted octanol–water partition coefficient (Wildman–Crippen LogP) is 5.05. The van der Waals surface area contributed by atoms with Crippen molar-refractivity contribution in [1.82, 2.24) is 14.8 Å². The Hall–Kier alpha value is -3.05. The zero-order valence-corrected chi connectivity index (χ0v) is 19.8. The molecule has 0 atom stereocenters. The second-order valence-electron chi connectivity index (χ2n) is 7.25. The van der Waals surface area contributed by atoms with Gasteiger partial charge in [-0.25, -0.2) is 0 Å². The van der Waals surface area contributed by atoms with Crippen molar-refractivity contribution in [3.63, 3.8) is 0 Å². The predicted molar refractivity (Wildman–Crippen MR) is 124 cm³/mol. The lowest BCUT2D eigenvalue weighted by Gasteiger charge is -2.15. The van der Waals surface area contributed by atoms with Crippen LogP contribution in [0, 0.1) is 6.92 Å². The molecule has 0 bridgehead atoms. The van der Waals surface area contributed by atoms with Gasteiger partial charge in [-0.2, -0.15) is 13.2 Å². The van der Waals surface area contributed by atoms with Gasteiger partial charge in [0, 0.05) is 19.2 Å². The van der Waals surface area contributed by atoms with E-state index >= 15 is 0 Å². The highest BCUT2D eigenvalue weighted by Crippen LogP contribution is 2.35. The summed E-state index contributed by atoms with van der Waals surface area (Å²) < 4.78 is 51.8. The van der Waals surface area contributed by atoms with Crippen LogP contribution in [0.2, 0.25) is 0 Å². The number of alkyl halides is 3. The number of ether oxygens (including phenoxy) is 2. The fourth-order valence-electron chi connectivity index (χ4n) is 3.18. The molecule has 3 rings (SSSR count). The average Bonchev–Trinajstić information content (AvgIpc) is 3.21. The minimum Gasteiger partial charge on any atom is -0.489 e. The summed E-state index contributed by atoms with van der Waals surface area (Å²) in [5.74, 6) is 0.251.